The van der Waals surface area contributed by atoms with E-state index in [1.807, 2.05) is 0 Å². The maximum Gasteiger partial charge on any atom is 0.409 e. The summed E-state index contributed by atoms with van der Waals surface area (Å²) in [6, 6.07) is -0.535. The molecule has 3 N–H and O–H groups in total. The molecule has 0 aromatic heterocycles. The molecule has 0 heterocycles. The first-order valence-electron chi connectivity index (χ1n) is 3.75. The molecule has 0 saturated carbocycles. The van der Waals surface area contributed by atoms with Crippen LogP contribution >= 0.6 is 0 Å². The Kier molecular flexibility index (Phi) is 4.61. The first kappa shape index (κ1) is 11.2. The van der Waals surface area contributed by atoms with E-state index in [2.05, 4.69) is 0 Å². The van der Waals surface area contributed by atoms with Crippen molar-refractivity contribution in [1.82, 2.24) is 4.90 Å². The van der Waals surface area contributed by atoms with Gasteiger partial charge in [-0.2, -0.15) is 0 Å². The van der Waals surface area contributed by atoms with Gasteiger partial charge in [0.2, 0.25) is 0 Å². The van der Waals surface area contributed by atoms with E-state index < -0.39 is 18.9 Å². The highest BCUT2D eigenvalue weighted by atomic mass is 16.4. The molecule has 0 saturated heterocycles. The van der Waals surface area contributed by atoms with E-state index in [0.717, 1.165) is 4.90 Å². The topological polar surface area (TPSA) is 81.0 Å². The third kappa shape index (κ3) is 2.67. The second-order valence-electron chi connectivity index (χ2n) is 2.89. The predicted octanol–water partition coefficient (Wildman–Crippen LogP) is -0.0669. The zero-order chi connectivity index (χ0) is 9.72. The van der Waals surface area contributed by atoms with Crippen LogP contribution in [0.3, 0.4) is 0 Å². The molecule has 1 amide bonds. The van der Waals surface area contributed by atoms with Crippen molar-refractivity contribution in [2.45, 2.75) is 19.9 Å². The Balaban J connectivity index is 4.33. The Bertz CT molecular complexity index is 148. The van der Waals surface area contributed by atoms with Crippen molar-refractivity contribution >= 4 is 6.09 Å². The Morgan fingerprint density at radius 1 is 1.42 bits per heavy atom. The van der Waals surface area contributed by atoms with Crippen molar-refractivity contribution in [2.24, 2.45) is 5.92 Å². The van der Waals surface area contributed by atoms with Gasteiger partial charge in [-0.05, 0) is 5.92 Å². The van der Waals surface area contributed by atoms with Crippen LogP contribution in [0.2, 0.25) is 0 Å². The van der Waals surface area contributed by atoms with Crippen molar-refractivity contribution in [3.05, 3.63) is 0 Å². The summed E-state index contributed by atoms with van der Waals surface area (Å²) in [5.74, 6) is -0.0155. The molecule has 0 rings (SSSR count). The molecule has 0 radical (unpaired) electrons. The van der Waals surface area contributed by atoms with Crippen LogP contribution in [0.5, 0.6) is 0 Å². The molecule has 0 bridgehead atoms. The van der Waals surface area contributed by atoms with Gasteiger partial charge in [-0.25, -0.2) is 4.79 Å². The lowest BCUT2D eigenvalue weighted by atomic mass is 10.0. The summed E-state index contributed by atoms with van der Waals surface area (Å²) >= 11 is 0. The Labute approximate surface area is 71.2 Å². The summed E-state index contributed by atoms with van der Waals surface area (Å²) in [7, 11) is 0. The Morgan fingerprint density at radius 3 is 2.00 bits per heavy atom. The van der Waals surface area contributed by atoms with Crippen LogP contribution in [0.15, 0.2) is 0 Å². The number of nitrogens with zero attached hydrogens (tertiary/aromatic N) is 1. The second kappa shape index (κ2) is 4.95. The van der Waals surface area contributed by atoms with E-state index in [1.165, 1.54) is 0 Å². The monoisotopic (exact) mass is 177 g/mol. The number of aliphatic hydroxyl groups excluding tert-OH is 2. The van der Waals surface area contributed by atoms with Crippen LogP contribution in [-0.4, -0.2) is 45.7 Å². The minimum atomic E-state index is -1.22. The Morgan fingerprint density at radius 2 is 1.92 bits per heavy atom. The molecular formula is C7H15NO4. The molecule has 1 unspecified atom stereocenters. The maximum absolute atomic E-state index is 10.5. The highest BCUT2D eigenvalue weighted by Gasteiger charge is 2.24. The van der Waals surface area contributed by atoms with Gasteiger partial charge in [-0.3, -0.25) is 4.90 Å². The summed E-state index contributed by atoms with van der Waals surface area (Å²) in [6.45, 7) is 2.71. The molecule has 0 aromatic rings. The van der Waals surface area contributed by atoms with Gasteiger partial charge in [0.25, 0.3) is 0 Å². The van der Waals surface area contributed by atoms with Crippen LogP contribution in [0.1, 0.15) is 13.8 Å². The molecular weight excluding hydrogens is 162 g/mol. The molecule has 12 heavy (non-hydrogen) atoms. The lowest BCUT2D eigenvalue weighted by molar-refractivity contribution is 0.0261. The van der Waals surface area contributed by atoms with Gasteiger partial charge >= 0.3 is 6.09 Å². The summed E-state index contributed by atoms with van der Waals surface area (Å²) < 4.78 is 0. The molecule has 5 nitrogen and oxygen atoms in total. The van der Waals surface area contributed by atoms with Crippen molar-refractivity contribution in [1.29, 1.82) is 0 Å². The highest BCUT2D eigenvalue weighted by Crippen LogP contribution is 2.09. The fraction of sp³-hybridized carbons (Fsp3) is 0.857. The summed E-state index contributed by atoms with van der Waals surface area (Å²) in [5.41, 5.74) is 0. The van der Waals surface area contributed by atoms with Crippen LogP contribution < -0.4 is 0 Å². The Hall–Kier alpha value is -0.810. The lowest BCUT2D eigenvalue weighted by Gasteiger charge is -2.28. The summed E-state index contributed by atoms with van der Waals surface area (Å²) in [4.78, 5) is 11.3. The van der Waals surface area contributed by atoms with Gasteiger partial charge in [0.15, 0.2) is 0 Å². The van der Waals surface area contributed by atoms with Crippen molar-refractivity contribution in [2.75, 3.05) is 13.3 Å². The van der Waals surface area contributed by atoms with E-state index in [1.54, 1.807) is 13.8 Å². The van der Waals surface area contributed by atoms with E-state index in [-0.39, 0.29) is 12.5 Å². The fourth-order valence-corrected chi connectivity index (χ4v) is 0.976. The number of hydrogen-bond acceptors (Lipinski definition) is 3. The van der Waals surface area contributed by atoms with Crippen LogP contribution in [-0.2, 0) is 0 Å². The number of rotatable bonds is 4. The third-order valence-electron chi connectivity index (χ3n) is 1.75. The smallest absolute Gasteiger partial charge is 0.409 e. The van der Waals surface area contributed by atoms with Crippen molar-refractivity contribution < 1.29 is 20.1 Å². The average molecular weight is 177 g/mol. The molecule has 0 aliphatic rings. The largest absolute Gasteiger partial charge is 0.465 e. The molecule has 0 spiro atoms. The van der Waals surface area contributed by atoms with Gasteiger partial charge in [0.1, 0.15) is 6.73 Å². The van der Waals surface area contributed by atoms with Crippen LogP contribution in [0.25, 0.3) is 0 Å². The highest BCUT2D eigenvalue weighted by molar-refractivity contribution is 5.65. The van der Waals surface area contributed by atoms with E-state index >= 15 is 0 Å². The zero-order valence-electron chi connectivity index (χ0n) is 7.27. The molecule has 0 fully saturated rings. The first-order chi connectivity index (χ1) is 5.54. The second-order valence-corrected chi connectivity index (χ2v) is 2.89. The van der Waals surface area contributed by atoms with Gasteiger partial charge in [-0.1, -0.05) is 13.8 Å². The van der Waals surface area contributed by atoms with Crippen molar-refractivity contribution in [3.63, 3.8) is 0 Å². The fourth-order valence-electron chi connectivity index (χ4n) is 0.976. The van der Waals surface area contributed by atoms with Gasteiger partial charge in [0, 0.05) is 0 Å². The SMILES string of the molecule is CC(C)C(CO)N(CO)C(=O)O. The number of carboxylic acid groups (broad SMARTS) is 1. The van der Waals surface area contributed by atoms with Gasteiger partial charge in [-0.15, -0.1) is 0 Å². The number of amides is 1. The third-order valence-corrected chi connectivity index (χ3v) is 1.75. The van der Waals surface area contributed by atoms with Gasteiger partial charge < -0.3 is 15.3 Å². The van der Waals surface area contributed by atoms with E-state index in [9.17, 15) is 4.79 Å². The lowest BCUT2D eigenvalue weighted by Crippen LogP contribution is -2.45. The average Bonchev–Trinajstić information content (AvgIpc) is 1.98. The molecule has 5 heteroatoms. The number of aliphatic hydroxyl groups is 2. The van der Waals surface area contributed by atoms with E-state index in [4.69, 9.17) is 15.3 Å². The standard InChI is InChI=1S/C7H15NO4/c1-5(2)6(3-9)8(4-10)7(11)12/h5-6,9-10H,3-4H2,1-2H3,(H,11,12). The van der Waals surface area contributed by atoms with Gasteiger partial charge in [0.05, 0.1) is 12.6 Å². The number of hydrogen-bond donors (Lipinski definition) is 3. The quantitative estimate of drug-likeness (QED) is 0.525. The zero-order valence-corrected chi connectivity index (χ0v) is 7.27. The normalized spacial score (nSPS) is 13.1. The predicted molar refractivity (Wildman–Crippen MR) is 42.7 cm³/mol. The van der Waals surface area contributed by atoms with E-state index in [0.29, 0.717) is 0 Å². The maximum atomic E-state index is 10.5. The molecule has 1 atom stereocenters. The molecule has 0 aliphatic heterocycles. The van der Waals surface area contributed by atoms with Crippen molar-refractivity contribution in [3.8, 4) is 0 Å². The summed E-state index contributed by atoms with van der Waals surface area (Å²) in [5, 5.41) is 26.1. The van der Waals surface area contributed by atoms with Crippen LogP contribution in [0.4, 0.5) is 4.79 Å². The summed E-state index contributed by atoms with van der Waals surface area (Å²) in [6.07, 6.45) is -1.22. The van der Waals surface area contributed by atoms with Crippen LogP contribution in [0, 0.1) is 5.92 Å². The minimum absolute atomic E-state index is 0.0155. The molecule has 72 valence electrons. The first-order valence-corrected chi connectivity index (χ1v) is 3.75. The molecule has 0 aliphatic carbocycles. The minimum Gasteiger partial charge on any atom is -0.465 e. The number of carbonyl (C=O) groups is 1. The molecule has 0 aromatic carbocycles.